The third-order valence-electron chi connectivity index (χ3n) is 2.73. The number of alkyl halides is 1. The lowest BCUT2D eigenvalue weighted by Gasteiger charge is -2.08. The van der Waals surface area contributed by atoms with Gasteiger partial charge < -0.3 is 4.74 Å². The molecule has 0 aliphatic heterocycles. The van der Waals surface area contributed by atoms with E-state index < -0.39 is 4.92 Å². The van der Waals surface area contributed by atoms with Gasteiger partial charge in [0.15, 0.2) is 0 Å². The van der Waals surface area contributed by atoms with Crippen LogP contribution in [0, 0.1) is 28.4 Å². The molecule has 2 rings (SSSR count). The zero-order chi connectivity index (χ0) is 15.4. The average molecular weight is 348 g/mol. The number of nitrogens with zero attached hydrogens (tertiary/aromatic N) is 3. The summed E-state index contributed by atoms with van der Waals surface area (Å²) in [5.41, 5.74) is 1.69. The van der Waals surface area contributed by atoms with Gasteiger partial charge in [-0.2, -0.15) is 5.26 Å². The molecule has 1 aromatic heterocycles. The molecule has 0 radical (unpaired) electrons. The van der Waals surface area contributed by atoms with Crippen molar-refractivity contribution < 1.29 is 9.66 Å². The van der Waals surface area contributed by atoms with Crippen LogP contribution in [0.25, 0.3) is 0 Å². The monoisotopic (exact) mass is 347 g/mol. The van der Waals surface area contributed by atoms with Crippen LogP contribution < -0.4 is 4.74 Å². The van der Waals surface area contributed by atoms with Gasteiger partial charge in [0.25, 0.3) is 0 Å². The molecule has 0 amide bonds. The summed E-state index contributed by atoms with van der Waals surface area (Å²) in [5.74, 6) is 0.355. The normalized spacial score (nSPS) is 9.95. The van der Waals surface area contributed by atoms with Crippen LogP contribution in [-0.4, -0.2) is 9.91 Å². The molecule has 0 saturated heterocycles. The minimum Gasteiger partial charge on any atom is -0.432 e. The number of benzene rings is 1. The summed E-state index contributed by atoms with van der Waals surface area (Å²) < 4.78 is 5.52. The highest BCUT2D eigenvalue weighted by Crippen LogP contribution is 2.32. The Balaban J connectivity index is 2.40. The fourth-order valence-electron chi connectivity index (χ4n) is 1.72. The zero-order valence-electron chi connectivity index (χ0n) is 11.0. The second-order valence-corrected chi connectivity index (χ2v) is 4.81. The molecular weight excluding hydrogens is 338 g/mol. The smallest absolute Gasteiger partial charge is 0.312 e. The first-order valence-corrected chi connectivity index (χ1v) is 7.05. The third-order valence-corrected chi connectivity index (χ3v) is 3.38. The van der Waals surface area contributed by atoms with E-state index in [1.807, 2.05) is 19.1 Å². The van der Waals surface area contributed by atoms with E-state index >= 15 is 0 Å². The Kier molecular flexibility index (Phi) is 4.50. The summed E-state index contributed by atoms with van der Waals surface area (Å²) in [4.78, 5) is 14.6. The fraction of sp³-hybridized carbons (Fsp3) is 0.143. The molecule has 1 aromatic carbocycles. The largest absolute Gasteiger partial charge is 0.432 e. The molecule has 0 atom stereocenters. The standard InChI is InChI=1S/C14H10BrN3O3/c1-9-4-11(6-15)8-17-14(9)21-13-3-2-10(7-16)5-12(13)18(19)20/h2-5,8H,6H2,1H3. The minimum atomic E-state index is -0.585. The highest BCUT2D eigenvalue weighted by molar-refractivity contribution is 9.08. The van der Waals surface area contributed by atoms with Gasteiger partial charge in [-0.05, 0) is 30.7 Å². The van der Waals surface area contributed by atoms with Gasteiger partial charge in [-0.1, -0.05) is 15.9 Å². The molecule has 106 valence electrons. The quantitative estimate of drug-likeness (QED) is 0.476. The van der Waals surface area contributed by atoms with Gasteiger partial charge in [0.05, 0.1) is 16.6 Å². The molecular formula is C14H10BrN3O3. The van der Waals surface area contributed by atoms with Gasteiger partial charge in [0, 0.05) is 23.2 Å². The van der Waals surface area contributed by atoms with Crippen molar-refractivity contribution in [2.75, 3.05) is 0 Å². The molecule has 0 N–H and O–H groups in total. The highest BCUT2D eigenvalue weighted by atomic mass is 79.9. The number of nitriles is 1. The summed E-state index contributed by atoms with van der Waals surface area (Å²) in [7, 11) is 0. The van der Waals surface area contributed by atoms with E-state index in [9.17, 15) is 10.1 Å². The Labute approximate surface area is 129 Å². The Bertz CT molecular complexity index is 741. The van der Waals surface area contributed by atoms with Crippen molar-refractivity contribution in [3.05, 3.63) is 57.3 Å². The second kappa shape index (κ2) is 6.33. The molecule has 0 bridgehead atoms. The van der Waals surface area contributed by atoms with Gasteiger partial charge in [-0.25, -0.2) is 4.98 Å². The zero-order valence-corrected chi connectivity index (χ0v) is 12.6. The number of aromatic nitrogens is 1. The molecule has 2 aromatic rings. The van der Waals surface area contributed by atoms with Crippen LogP contribution in [0.15, 0.2) is 30.5 Å². The Hall–Kier alpha value is -2.46. The predicted molar refractivity (Wildman–Crippen MR) is 79.5 cm³/mol. The van der Waals surface area contributed by atoms with Crippen molar-refractivity contribution in [3.8, 4) is 17.7 Å². The van der Waals surface area contributed by atoms with E-state index in [4.69, 9.17) is 10.00 Å². The molecule has 0 aliphatic carbocycles. The average Bonchev–Trinajstić information content (AvgIpc) is 2.49. The SMILES string of the molecule is Cc1cc(CBr)cnc1Oc1ccc(C#N)cc1[N+](=O)[O-]. The van der Waals surface area contributed by atoms with Crippen LogP contribution in [0.4, 0.5) is 5.69 Å². The number of nitro benzene ring substituents is 1. The van der Waals surface area contributed by atoms with Crippen LogP contribution in [0.3, 0.4) is 0 Å². The lowest BCUT2D eigenvalue weighted by molar-refractivity contribution is -0.385. The maximum Gasteiger partial charge on any atom is 0.312 e. The molecule has 0 spiro atoms. The molecule has 0 saturated carbocycles. The number of pyridine rings is 1. The molecule has 21 heavy (non-hydrogen) atoms. The molecule has 6 nitrogen and oxygen atoms in total. The summed E-state index contributed by atoms with van der Waals surface area (Å²) in [6.07, 6.45) is 1.63. The van der Waals surface area contributed by atoms with E-state index in [2.05, 4.69) is 20.9 Å². The van der Waals surface area contributed by atoms with Crippen molar-refractivity contribution in [2.45, 2.75) is 12.3 Å². The van der Waals surface area contributed by atoms with E-state index in [1.165, 1.54) is 18.2 Å². The predicted octanol–water partition coefficient (Wildman–Crippen LogP) is 3.86. The van der Waals surface area contributed by atoms with Gasteiger partial charge in [0.1, 0.15) is 0 Å². The summed E-state index contributed by atoms with van der Waals surface area (Å²) >= 11 is 3.33. The number of hydrogen-bond donors (Lipinski definition) is 0. The van der Waals surface area contributed by atoms with Gasteiger partial charge in [0.2, 0.25) is 11.6 Å². The summed E-state index contributed by atoms with van der Waals surface area (Å²) in [6, 6.07) is 7.78. The molecule has 0 unspecified atom stereocenters. The van der Waals surface area contributed by atoms with E-state index in [0.717, 1.165) is 11.1 Å². The number of ether oxygens (including phenoxy) is 1. The second-order valence-electron chi connectivity index (χ2n) is 4.25. The Morgan fingerprint density at radius 3 is 2.81 bits per heavy atom. The first kappa shape index (κ1) is 14.9. The van der Waals surface area contributed by atoms with Gasteiger partial charge in [-0.3, -0.25) is 10.1 Å². The third kappa shape index (κ3) is 3.35. The van der Waals surface area contributed by atoms with E-state index in [-0.39, 0.29) is 17.0 Å². The molecule has 0 fully saturated rings. The molecule has 7 heteroatoms. The Morgan fingerprint density at radius 1 is 1.48 bits per heavy atom. The van der Waals surface area contributed by atoms with Crippen LogP contribution in [-0.2, 0) is 5.33 Å². The molecule has 0 aliphatic rings. The van der Waals surface area contributed by atoms with E-state index in [0.29, 0.717) is 11.2 Å². The Morgan fingerprint density at radius 2 is 2.24 bits per heavy atom. The maximum atomic E-state index is 11.1. The van der Waals surface area contributed by atoms with E-state index in [1.54, 1.807) is 6.20 Å². The lowest BCUT2D eigenvalue weighted by Crippen LogP contribution is -1.97. The minimum absolute atomic E-state index is 0.0567. The number of aryl methyl sites for hydroxylation is 1. The first-order valence-electron chi connectivity index (χ1n) is 5.93. The number of hydrogen-bond acceptors (Lipinski definition) is 5. The maximum absolute atomic E-state index is 11.1. The topological polar surface area (TPSA) is 89.0 Å². The van der Waals surface area contributed by atoms with Gasteiger partial charge >= 0.3 is 5.69 Å². The van der Waals surface area contributed by atoms with Crippen molar-refractivity contribution in [3.63, 3.8) is 0 Å². The summed E-state index contributed by atoms with van der Waals surface area (Å²) in [6.45, 7) is 1.81. The first-order chi connectivity index (χ1) is 10.0. The molecule has 1 heterocycles. The fourth-order valence-corrected chi connectivity index (χ4v) is 2.03. The highest BCUT2D eigenvalue weighted by Gasteiger charge is 2.18. The number of halogens is 1. The van der Waals surface area contributed by atoms with Crippen LogP contribution in [0.5, 0.6) is 11.6 Å². The van der Waals surface area contributed by atoms with Crippen molar-refractivity contribution in [2.24, 2.45) is 0 Å². The lowest BCUT2D eigenvalue weighted by atomic mass is 10.2. The van der Waals surface area contributed by atoms with Crippen LogP contribution >= 0.6 is 15.9 Å². The summed E-state index contributed by atoms with van der Waals surface area (Å²) in [5, 5.41) is 20.5. The van der Waals surface area contributed by atoms with Gasteiger partial charge in [-0.15, -0.1) is 0 Å². The van der Waals surface area contributed by atoms with Crippen molar-refractivity contribution >= 4 is 21.6 Å². The van der Waals surface area contributed by atoms with Crippen LogP contribution in [0.1, 0.15) is 16.7 Å². The number of nitro groups is 1. The van der Waals surface area contributed by atoms with Crippen LogP contribution in [0.2, 0.25) is 0 Å². The number of rotatable bonds is 4. The van der Waals surface area contributed by atoms with Crippen molar-refractivity contribution in [1.82, 2.24) is 4.98 Å². The van der Waals surface area contributed by atoms with Crippen molar-refractivity contribution in [1.29, 1.82) is 5.26 Å².